The summed E-state index contributed by atoms with van der Waals surface area (Å²) in [5, 5.41) is 12.7. The zero-order chi connectivity index (χ0) is 20.4. The number of nitrogens with one attached hydrogen (secondary N) is 1. The molecule has 0 unspecified atom stereocenters. The smallest absolute Gasteiger partial charge is 0.222 e. The molecule has 0 radical (unpaired) electrons. The molecule has 2 aliphatic heterocycles. The summed E-state index contributed by atoms with van der Waals surface area (Å²) >= 11 is 0. The molecule has 0 saturated carbocycles. The summed E-state index contributed by atoms with van der Waals surface area (Å²) in [4.78, 5) is 18.7. The topological polar surface area (TPSA) is 83.9 Å². The Morgan fingerprint density at radius 3 is 2.90 bits per heavy atom. The second-order valence-corrected chi connectivity index (χ2v) is 7.82. The van der Waals surface area contributed by atoms with Gasteiger partial charge in [-0.05, 0) is 36.8 Å². The molecular formula is C22H27N3O4. The molecule has 1 saturated heterocycles. The van der Waals surface area contributed by atoms with Crippen LogP contribution in [0.5, 0.6) is 5.75 Å². The molecule has 29 heavy (non-hydrogen) atoms. The normalized spacial score (nSPS) is 24.9. The average molecular weight is 397 g/mol. The van der Waals surface area contributed by atoms with E-state index in [1.54, 1.807) is 6.20 Å². The highest BCUT2D eigenvalue weighted by atomic mass is 16.6. The molecule has 1 aromatic heterocycles. The van der Waals surface area contributed by atoms with Crippen LogP contribution in [0.15, 0.2) is 42.6 Å². The number of aromatic nitrogens is 1. The lowest BCUT2D eigenvalue weighted by molar-refractivity contribution is -0.142. The number of nitrogens with zero attached hydrogens (tertiary/aromatic N) is 2. The zero-order valence-electron chi connectivity index (χ0n) is 16.7. The number of aliphatic hydroxyl groups excluding tert-OH is 1. The number of anilines is 1. The van der Waals surface area contributed by atoms with E-state index >= 15 is 0 Å². The van der Waals surface area contributed by atoms with Gasteiger partial charge in [0.2, 0.25) is 5.91 Å². The van der Waals surface area contributed by atoms with Crippen molar-refractivity contribution < 1.29 is 19.4 Å². The fourth-order valence-corrected chi connectivity index (χ4v) is 4.13. The van der Waals surface area contributed by atoms with Gasteiger partial charge in [-0.1, -0.05) is 6.07 Å². The largest absolute Gasteiger partial charge is 0.487 e. The fraction of sp³-hybridized carbons (Fsp3) is 0.455. The molecule has 154 valence electrons. The van der Waals surface area contributed by atoms with Crippen molar-refractivity contribution in [2.45, 2.75) is 43.6 Å². The van der Waals surface area contributed by atoms with E-state index in [1.165, 1.54) is 0 Å². The predicted octanol–water partition coefficient (Wildman–Crippen LogP) is 1.85. The summed E-state index contributed by atoms with van der Waals surface area (Å²) in [6.07, 6.45) is 1.70. The van der Waals surface area contributed by atoms with Gasteiger partial charge in [0, 0.05) is 37.5 Å². The fourth-order valence-electron chi connectivity index (χ4n) is 4.13. The SMILES string of the molecule is CN(C)c1ccc2c(c1)[C@@H]1C[C@@H](CC(=O)NCc3ccccn3)O[C@H](CO)[C@@H]1O2. The third kappa shape index (κ3) is 4.21. The zero-order valence-corrected chi connectivity index (χ0v) is 16.7. The minimum absolute atomic E-state index is 0.0861. The Labute approximate surface area is 170 Å². The highest BCUT2D eigenvalue weighted by Crippen LogP contribution is 2.47. The highest BCUT2D eigenvalue weighted by Gasteiger charge is 2.46. The lowest BCUT2D eigenvalue weighted by Gasteiger charge is -2.37. The maximum Gasteiger partial charge on any atom is 0.222 e. The Kier molecular flexibility index (Phi) is 5.69. The Morgan fingerprint density at radius 1 is 1.31 bits per heavy atom. The number of hydrogen-bond acceptors (Lipinski definition) is 6. The van der Waals surface area contributed by atoms with Gasteiger partial charge in [-0.3, -0.25) is 9.78 Å². The van der Waals surface area contributed by atoms with Crippen molar-refractivity contribution in [3.05, 3.63) is 53.9 Å². The molecule has 2 aliphatic rings. The lowest BCUT2D eigenvalue weighted by atomic mass is 9.84. The number of rotatable bonds is 6. The second-order valence-electron chi connectivity index (χ2n) is 7.82. The van der Waals surface area contributed by atoms with Crippen LogP contribution in [-0.2, 0) is 16.1 Å². The number of hydrogen-bond donors (Lipinski definition) is 2. The van der Waals surface area contributed by atoms with E-state index in [1.807, 2.05) is 44.4 Å². The number of aliphatic hydroxyl groups is 1. The van der Waals surface area contributed by atoms with Crippen LogP contribution in [0.3, 0.4) is 0 Å². The van der Waals surface area contributed by atoms with Crippen molar-refractivity contribution in [2.24, 2.45) is 0 Å². The van der Waals surface area contributed by atoms with Crippen molar-refractivity contribution >= 4 is 11.6 Å². The highest BCUT2D eigenvalue weighted by molar-refractivity contribution is 5.76. The Hall–Kier alpha value is -2.64. The molecule has 7 heteroatoms. The first kappa shape index (κ1) is 19.7. The summed E-state index contributed by atoms with van der Waals surface area (Å²) in [6.45, 7) is 0.252. The number of amides is 1. The van der Waals surface area contributed by atoms with Crippen molar-refractivity contribution in [2.75, 3.05) is 25.6 Å². The molecular weight excluding hydrogens is 370 g/mol. The van der Waals surface area contributed by atoms with Crippen LogP contribution in [0, 0.1) is 0 Å². The van der Waals surface area contributed by atoms with E-state index in [-0.39, 0.29) is 37.1 Å². The summed E-state index contributed by atoms with van der Waals surface area (Å²) in [7, 11) is 4.01. The molecule has 1 aromatic carbocycles. The average Bonchev–Trinajstić information content (AvgIpc) is 3.10. The van der Waals surface area contributed by atoms with E-state index in [2.05, 4.69) is 21.3 Å². The minimum Gasteiger partial charge on any atom is -0.487 e. The summed E-state index contributed by atoms with van der Waals surface area (Å²) in [5.41, 5.74) is 3.04. The predicted molar refractivity (Wildman–Crippen MR) is 109 cm³/mol. The van der Waals surface area contributed by atoms with Crippen molar-refractivity contribution in [3.8, 4) is 5.75 Å². The Bertz CT molecular complexity index is 858. The van der Waals surface area contributed by atoms with Gasteiger partial charge in [0.25, 0.3) is 0 Å². The molecule has 0 aliphatic carbocycles. The van der Waals surface area contributed by atoms with E-state index in [4.69, 9.17) is 9.47 Å². The first-order valence-corrected chi connectivity index (χ1v) is 9.96. The molecule has 4 rings (SSSR count). The Morgan fingerprint density at radius 2 is 2.17 bits per heavy atom. The van der Waals surface area contributed by atoms with E-state index in [9.17, 15) is 9.90 Å². The standard InChI is InChI=1S/C22H27N3O4/c1-25(2)15-6-7-19-17(9-15)18-10-16(28-20(13-26)22(18)29-19)11-21(27)24-12-14-5-3-4-8-23-14/h3-9,16,18,20,22,26H,10-13H2,1-2H3,(H,24,27)/t16-,18-,20+,22+/m0/s1. The van der Waals surface area contributed by atoms with Gasteiger partial charge in [0.05, 0.1) is 31.4 Å². The van der Waals surface area contributed by atoms with Crippen LogP contribution in [0.1, 0.15) is 30.0 Å². The van der Waals surface area contributed by atoms with Crippen LogP contribution in [0.25, 0.3) is 0 Å². The number of fused-ring (bicyclic) bond motifs is 3. The van der Waals surface area contributed by atoms with E-state index in [0.29, 0.717) is 13.0 Å². The quantitative estimate of drug-likeness (QED) is 0.774. The molecule has 2 aromatic rings. The van der Waals surface area contributed by atoms with Crippen LogP contribution in [0.2, 0.25) is 0 Å². The first-order valence-electron chi connectivity index (χ1n) is 9.96. The molecule has 3 heterocycles. The molecule has 2 N–H and O–H groups in total. The van der Waals surface area contributed by atoms with Gasteiger partial charge in [-0.25, -0.2) is 0 Å². The van der Waals surface area contributed by atoms with Gasteiger partial charge in [-0.15, -0.1) is 0 Å². The van der Waals surface area contributed by atoms with Gasteiger partial charge in [0.15, 0.2) is 0 Å². The van der Waals surface area contributed by atoms with Crippen molar-refractivity contribution in [1.29, 1.82) is 0 Å². The number of pyridine rings is 1. The molecule has 4 atom stereocenters. The van der Waals surface area contributed by atoms with Crippen LogP contribution >= 0.6 is 0 Å². The number of ether oxygens (including phenoxy) is 2. The summed E-state index contributed by atoms with van der Waals surface area (Å²) in [5.74, 6) is 0.856. The third-order valence-corrected chi connectivity index (χ3v) is 5.61. The maximum absolute atomic E-state index is 12.4. The number of carbonyl (C=O) groups excluding carboxylic acids is 1. The monoisotopic (exact) mass is 397 g/mol. The van der Waals surface area contributed by atoms with Crippen LogP contribution in [0.4, 0.5) is 5.69 Å². The van der Waals surface area contributed by atoms with E-state index in [0.717, 1.165) is 22.7 Å². The first-order chi connectivity index (χ1) is 14.0. The van der Waals surface area contributed by atoms with Gasteiger partial charge in [-0.2, -0.15) is 0 Å². The van der Waals surface area contributed by atoms with Crippen LogP contribution < -0.4 is 15.0 Å². The number of benzene rings is 1. The van der Waals surface area contributed by atoms with Crippen molar-refractivity contribution in [3.63, 3.8) is 0 Å². The molecule has 1 fully saturated rings. The second kappa shape index (κ2) is 8.39. The van der Waals surface area contributed by atoms with Crippen LogP contribution in [-0.4, -0.2) is 55.0 Å². The maximum atomic E-state index is 12.4. The molecule has 0 spiro atoms. The number of carbonyl (C=O) groups is 1. The van der Waals surface area contributed by atoms with E-state index < -0.39 is 6.10 Å². The molecule has 0 bridgehead atoms. The summed E-state index contributed by atoms with van der Waals surface area (Å²) in [6, 6.07) is 11.7. The minimum atomic E-state index is -0.447. The molecule has 1 amide bonds. The summed E-state index contributed by atoms with van der Waals surface area (Å²) < 4.78 is 12.1. The van der Waals surface area contributed by atoms with Gasteiger partial charge >= 0.3 is 0 Å². The van der Waals surface area contributed by atoms with Gasteiger partial charge < -0.3 is 24.8 Å². The molecule has 7 nitrogen and oxygen atoms in total. The third-order valence-electron chi connectivity index (χ3n) is 5.61. The van der Waals surface area contributed by atoms with Crippen molar-refractivity contribution in [1.82, 2.24) is 10.3 Å². The van der Waals surface area contributed by atoms with Gasteiger partial charge in [0.1, 0.15) is 18.0 Å². The Balaban J connectivity index is 1.44. The lowest BCUT2D eigenvalue weighted by Crippen LogP contribution is -2.47.